The molecule has 0 aromatic heterocycles. The summed E-state index contributed by atoms with van der Waals surface area (Å²) in [6, 6.07) is 0. The lowest BCUT2D eigenvalue weighted by molar-refractivity contribution is -0.145. The van der Waals surface area contributed by atoms with Gasteiger partial charge in [0, 0.05) is 13.0 Å². The number of ether oxygens (including phenoxy) is 1. The van der Waals surface area contributed by atoms with Gasteiger partial charge in [-0.05, 0) is 38.0 Å². The Morgan fingerprint density at radius 3 is 2.05 bits per heavy atom. The van der Waals surface area contributed by atoms with Gasteiger partial charge < -0.3 is 9.84 Å². The van der Waals surface area contributed by atoms with Crippen LogP contribution in [0.25, 0.3) is 0 Å². The number of unbranched alkanes of at least 4 members (excludes halogenated alkanes) is 6. The molecule has 0 spiro atoms. The summed E-state index contributed by atoms with van der Waals surface area (Å²) in [4.78, 5) is 11.9. The molecule has 0 rings (SSSR count). The molecule has 0 atom stereocenters. The molecule has 0 heterocycles. The normalized spacial score (nSPS) is 11.0. The highest BCUT2D eigenvalue weighted by molar-refractivity contribution is 5.69. The SMILES string of the molecule is CCCCCC(CCCCC)CC(=O)OCCCCCO. The Morgan fingerprint density at radius 2 is 1.52 bits per heavy atom. The Morgan fingerprint density at radius 1 is 0.905 bits per heavy atom. The maximum atomic E-state index is 11.9. The molecule has 0 aliphatic carbocycles. The minimum Gasteiger partial charge on any atom is -0.466 e. The van der Waals surface area contributed by atoms with Gasteiger partial charge in [0.1, 0.15) is 0 Å². The summed E-state index contributed by atoms with van der Waals surface area (Å²) in [7, 11) is 0. The summed E-state index contributed by atoms with van der Waals surface area (Å²) < 4.78 is 5.31. The van der Waals surface area contributed by atoms with Gasteiger partial charge in [0.15, 0.2) is 0 Å². The second kappa shape index (κ2) is 15.8. The fourth-order valence-corrected chi connectivity index (χ4v) is 2.59. The number of carbonyl (C=O) groups excluding carboxylic acids is 1. The highest BCUT2D eigenvalue weighted by Crippen LogP contribution is 2.21. The minimum absolute atomic E-state index is 0.0306. The van der Waals surface area contributed by atoms with Crippen molar-refractivity contribution in [2.24, 2.45) is 5.92 Å². The summed E-state index contributed by atoms with van der Waals surface area (Å²) in [5.74, 6) is 0.477. The van der Waals surface area contributed by atoms with Crippen LogP contribution < -0.4 is 0 Å². The Bertz CT molecular complexity index is 219. The predicted octanol–water partition coefficient (Wildman–Crippen LogP) is 4.86. The van der Waals surface area contributed by atoms with Gasteiger partial charge in [0.25, 0.3) is 0 Å². The van der Waals surface area contributed by atoms with Crippen molar-refractivity contribution in [2.75, 3.05) is 13.2 Å². The van der Waals surface area contributed by atoms with E-state index in [9.17, 15) is 4.79 Å². The molecule has 0 saturated heterocycles. The fraction of sp³-hybridized carbons (Fsp3) is 0.944. The van der Waals surface area contributed by atoms with E-state index < -0.39 is 0 Å². The van der Waals surface area contributed by atoms with Crippen LogP contribution in [-0.4, -0.2) is 24.3 Å². The van der Waals surface area contributed by atoms with Crippen LogP contribution in [0.3, 0.4) is 0 Å². The van der Waals surface area contributed by atoms with Crippen molar-refractivity contribution < 1.29 is 14.6 Å². The quantitative estimate of drug-likeness (QED) is 0.347. The van der Waals surface area contributed by atoms with Crippen molar-refractivity contribution in [3.8, 4) is 0 Å². The van der Waals surface area contributed by atoms with E-state index in [2.05, 4.69) is 13.8 Å². The first kappa shape index (κ1) is 20.4. The number of aliphatic hydroxyl groups excluding tert-OH is 1. The summed E-state index contributed by atoms with van der Waals surface area (Å²) in [5, 5.41) is 8.69. The maximum absolute atomic E-state index is 11.9. The topological polar surface area (TPSA) is 46.5 Å². The second-order valence-corrected chi connectivity index (χ2v) is 6.07. The molecule has 0 unspecified atom stereocenters. The first-order chi connectivity index (χ1) is 10.2. The van der Waals surface area contributed by atoms with Crippen molar-refractivity contribution in [2.45, 2.75) is 90.9 Å². The van der Waals surface area contributed by atoms with Gasteiger partial charge in [0.2, 0.25) is 0 Å². The predicted molar refractivity (Wildman–Crippen MR) is 88.3 cm³/mol. The van der Waals surface area contributed by atoms with Gasteiger partial charge in [0.05, 0.1) is 6.61 Å². The molecule has 3 nitrogen and oxygen atoms in total. The zero-order valence-corrected chi connectivity index (χ0v) is 14.2. The van der Waals surface area contributed by atoms with E-state index in [1.807, 2.05) is 0 Å². The van der Waals surface area contributed by atoms with Gasteiger partial charge in [-0.2, -0.15) is 0 Å². The van der Waals surface area contributed by atoms with Gasteiger partial charge >= 0.3 is 5.97 Å². The number of rotatable bonds is 15. The Kier molecular flexibility index (Phi) is 15.4. The Labute approximate surface area is 131 Å². The van der Waals surface area contributed by atoms with Gasteiger partial charge in [-0.15, -0.1) is 0 Å². The molecule has 21 heavy (non-hydrogen) atoms. The largest absolute Gasteiger partial charge is 0.466 e. The van der Waals surface area contributed by atoms with E-state index in [4.69, 9.17) is 9.84 Å². The summed E-state index contributed by atoms with van der Waals surface area (Å²) in [6.45, 7) is 5.17. The third-order valence-corrected chi connectivity index (χ3v) is 3.95. The van der Waals surface area contributed by atoms with Crippen LogP contribution in [0.5, 0.6) is 0 Å². The Balaban J connectivity index is 3.85. The zero-order chi connectivity index (χ0) is 15.8. The van der Waals surface area contributed by atoms with E-state index in [1.54, 1.807) is 0 Å². The maximum Gasteiger partial charge on any atom is 0.306 e. The van der Waals surface area contributed by atoms with E-state index in [1.165, 1.54) is 38.5 Å². The minimum atomic E-state index is -0.0306. The number of aliphatic hydroxyl groups is 1. The van der Waals surface area contributed by atoms with Gasteiger partial charge in [-0.1, -0.05) is 52.4 Å². The molecule has 126 valence electrons. The van der Waals surface area contributed by atoms with E-state index in [-0.39, 0.29) is 12.6 Å². The summed E-state index contributed by atoms with van der Waals surface area (Å²) in [6.07, 6.45) is 13.0. The van der Waals surface area contributed by atoms with Crippen molar-refractivity contribution >= 4 is 5.97 Å². The van der Waals surface area contributed by atoms with Crippen LogP contribution >= 0.6 is 0 Å². The van der Waals surface area contributed by atoms with Crippen molar-refractivity contribution in [3.63, 3.8) is 0 Å². The molecule has 3 heteroatoms. The first-order valence-corrected chi connectivity index (χ1v) is 9.01. The van der Waals surface area contributed by atoms with Crippen molar-refractivity contribution in [1.29, 1.82) is 0 Å². The molecule has 0 amide bonds. The second-order valence-electron chi connectivity index (χ2n) is 6.07. The molecule has 0 aromatic rings. The lowest BCUT2D eigenvalue weighted by atomic mass is 9.92. The molecule has 0 bridgehead atoms. The fourth-order valence-electron chi connectivity index (χ4n) is 2.59. The van der Waals surface area contributed by atoms with E-state index in [0.29, 0.717) is 18.9 Å². The summed E-state index contributed by atoms with van der Waals surface area (Å²) in [5.41, 5.74) is 0. The van der Waals surface area contributed by atoms with Gasteiger partial charge in [-0.25, -0.2) is 0 Å². The zero-order valence-electron chi connectivity index (χ0n) is 14.2. The number of hydrogen-bond acceptors (Lipinski definition) is 3. The molecule has 1 N–H and O–H groups in total. The van der Waals surface area contributed by atoms with Crippen LogP contribution in [-0.2, 0) is 9.53 Å². The van der Waals surface area contributed by atoms with Crippen LogP contribution in [0.4, 0.5) is 0 Å². The molecule has 0 aliphatic heterocycles. The van der Waals surface area contributed by atoms with Crippen LogP contribution in [0.2, 0.25) is 0 Å². The Hall–Kier alpha value is -0.570. The lowest BCUT2D eigenvalue weighted by Crippen LogP contribution is -2.13. The molecular weight excluding hydrogens is 264 g/mol. The molecule has 0 aromatic carbocycles. The van der Waals surface area contributed by atoms with Crippen LogP contribution in [0, 0.1) is 5.92 Å². The van der Waals surface area contributed by atoms with Crippen LogP contribution in [0.15, 0.2) is 0 Å². The highest BCUT2D eigenvalue weighted by Gasteiger charge is 2.14. The molecule has 0 aliphatic rings. The third-order valence-electron chi connectivity index (χ3n) is 3.95. The number of esters is 1. The van der Waals surface area contributed by atoms with E-state index in [0.717, 1.165) is 32.1 Å². The van der Waals surface area contributed by atoms with E-state index >= 15 is 0 Å². The average molecular weight is 300 g/mol. The smallest absolute Gasteiger partial charge is 0.306 e. The monoisotopic (exact) mass is 300 g/mol. The van der Waals surface area contributed by atoms with Crippen molar-refractivity contribution in [1.82, 2.24) is 0 Å². The number of hydrogen-bond donors (Lipinski definition) is 1. The average Bonchev–Trinajstić information content (AvgIpc) is 2.47. The number of carbonyl (C=O) groups is 1. The first-order valence-electron chi connectivity index (χ1n) is 9.01. The molecule has 0 saturated carbocycles. The molecular formula is C18H36O3. The lowest BCUT2D eigenvalue weighted by Gasteiger charge is -2.16. The van der Waals surface area contributed by atoms with Crippen LogP contribution in [0.1, 0.15) is 90.9 Å². The van der Waals surface area contributed by atoms with Gasteiger partial charge in [-0.3, -0.25) is 4.79 Å². The van der Waals surface area contributed by atoms with Crippen molar-refractivity contribution in [3.05, 3.63) is 0 Å². The third kappa shape index (κ3) is 14.1. The highest BCUT2D eigenvalue weighted by atomic mass is 16.5. The molecule has 0 fully saturated rings. The standard InChI is InChI=1S/C18H36O3/c1-3-5-8-12-17(13-9-6-4-2)16-18(20)21-15-11-7-10-14-19/h17,19H,3-16H2,1-2H3. The molecule has 0 radical (unpaired) electrons. The summed E-state index contributed by atoms with van der Waals surface area (Å²) >= 11 is 0.